The number of hydrogen-bond donors (Lipinski definition) is 1. The van der Waals surface area contributed by atoms with Crippen molar-refractivity contribution in [3.8, 4) is 0 Å². The Labute approximate surface area is 318 Å². The van der Waals surface area contributed by atoms with Gasteiger partial charge in [-0.05, 0) is 40.3 Å². The Balaban J connectivity index is 1.21. The van der Waals surface area contributed by atoms with Crippen LogP contribution in [0.25, 0.3) is 11.2 Å². The summed E-state index contributed by atoms with van der Waals surface area (Å²) in [7, 11) is -8.34. The molecule has 2 heterocycles. The molecule has 0 fully saturated rings. The third kappa shape index (κ3) is 11.9. The first kappa shape index (κ1) is 39.4. The van der Waals surface area contributed by atoms with Gasteiger partial charge in [0.25, 0.3) is 0 Å². The van der Waals surface area contributed by atoms with Gasteiger partial charge in [0.05, 0.1) is 46.0 Å². The van der Waals surface area contributed by atoms with E-state index in [-0.39, 0.29) is 50.7 Å². The summed E-state index contributed by atoms with van der Waals surface area (Å²) >= 11 is 6.11. The summed E-state index contributed by atoms with van der Waals surface area (Å²) in [6.45, 7) is -0.119. The molecule has 54 heavy (non-hydrogen) atoms. The maximum Gasteiger partial charge on any atom is 0.475 e. The maximum atomic E-state index is 14.2. The zero-order valence-corrected chi connectivity index (χ0v) is 31.8. The van der Waals surface area contributed by atoms with E-state index in [1.807, 2.05) is 121 Å². The predicted molar refractivity (Wildman–Crippen MR) is 205 cm³/mol. The van der Waals surface area contributed by atoms with Gasteiger partial charge in [0, 0.05) is 12.5 Å². The van der Waals surface area contributed by atoms with Crippen molar-refractivity contribution < 1.29 is 36.3 Å². The Kier molecular flexibility index (Phi) is 14.1. The van der Waals surface area contributed by atoms with Gasteiger partial charge in [-0.1, -0.05) is 121 Å². The summed E-state index contributed by atoms with van der Waals surface area (Å²) in [4.78, 5) is 12.6. The number of nitrogens with two attached hydrogens (primary N) is 1. The Bertz CT molecular complexity index is 1950. The first-order valence-corrected chi connectivity index (χ1v) is 20.4. The Morgan fingerprint density at radius 2 is 0.981 bits per heavy atom. The number of phosphoric ester groups is 2. The molecule has 0 aliphatic carbocycles. The average molecular weight is 792 g/mol. The Hall–Kier alpha value is -4.26. The number of imidazole rings is 1. The van der Waals surface area contributed by atoms with Crippen LogP contribution in [0.2, 0.25) is 5.28 Å². The largest absolute Gasteiger partial charge is 0.475 e. The number of anilines is 1. The van der Waals surface area contributed by atoms with Crippen LogP contribution in [0.3, 0.4) is 0 Å². The van der Waals surface area contributed by atoms with Crippen LogP contribution in [0.15, 0.2) is 128 Å². The van der Waals surface area contributed by atoms with Gasteiger partial charge in [-0.3, -0.25) is 27.1 Å². The summed E-state index contributed by atoms with van der Waals surface area (Å²) < 4.78 is 65.6. The normalized spacial score (nSPS) is 12.1. The number of fused-ring (bicyclic) bond motifs is 1. The minimum absolute atomic E-state index is 0.0210. The smallest absolute Gasteiger partial charge is 0.382 e. The number of halogens is 1. The van der Waals surface area contributed by atoms with Crippen molar-refractivity contribution in [3.63, 3.8) is 0 Å². The summed E-state index contributed by atoms with van der Waals surface area (Å²) in [5.74, 6) is -0.411. The highest BCUT2D eigenvalue weighted by Gasteiger charge is 2.32. The van der Waals surface area contributed by atoms with Gasteiger partial charge in [0.2, 0.25) is 5.28 Å². The molecule has 0 unspecified atom stereocenters. The zero-order valence-electron chi connectivity index (χ0n) is 29.3. The van der Waals surface area contributed by atoms with Crippen LogP contribution in [0, 0.1) is 5.92 Å². The standard InChI is InChI=1S/C38H40ClN5O8P2/c39-38-42-36(40)35-37(43-38)44(29-41-35)22-21-34(27-51-53(45,47-23-30-13-5-1-6-14-30)48-24-31-15-7-2-8-16-31)28-52-54(46,49-25-32-17-9-3-10-18-32)50-26-33-19-11-4-12-20-33/h1-20,29,34H,21-28H2,(H2,40,42,43). The molecule has 0 aliphatic heterocycles. The molecule has 282 valence electrons. The molecule has 4 aromatic carbocycles. The number of benzene rings is 4. The molecule has 6 rings (SSSR count). The highest BCUT2D eigenvalue weighted by atomic mass is 35.5. The first-order chi connectivity index (χ1) is 26.3. The number of nitrogens with zero attached hydrogens (tertiary/aromatic N) is 4. The molecular weight excluding hydrogens is 752 g/mol. The maximum absolute atomic E-state index is 14.2. The van der Waals surface area contributed by atoms with Crippen LogP contribution in [-0.4, -0.2) is 32.7 Å². The summed E-state index contributed by atoms with van der Waals surface area (Å²) in [6, 6.07) is 37.1. The van der Waals surface area contributed by atoms with Crippen molar-refractivity contribution in [1.29, 1.82) is 0 Å². The molecule has 0 atom stereocenters. The molecule has 0 saturated carbocycles. The second kappa shape index (κ2) is 19.4. The van der Waals surface area contributed by atoms with Gasteiger partial charge in [-0.2, -0.15) is 9.97 Å². The lowest BCUT2D eigenvalue weighted by Crippen LogP contribution is -2.19. The number of phosphoric acid groups is 2. The van der Waals surface area contributed by atoms with E-state index in [1.54, 1.807) is 10.9 Å². The molecular formula is C38H40ClN5O8P2. The van der Waals surface area contributed by atoms with Crippen molar-refractivity contribution in [2.24, 2.45) is 5.92 Å². The van der Waals surface area contributed by atoms with E-state index in [9.17, 15) is 9.13 Å². The number of nitrogen functional groups attached to an aromatic ring is 1. The summed E-state index contributed by atoms with van der Waals surface area (Å²) in [5.41, 5.74) is 9.98. The monoisotopic (exact) mass is 791 g/mol. The Morgan fingerprint density at radius 1 is 0.593 bits per heavy atom. The topological polar surface area (TPSA) is 159 Å². The van der Waals surface area contributed by atoms with Crippen LogP contribution in [0.1, 0.15) is 28.7 Å². The molecule has 0 spiro atoms. The van der Waals surface area contributed by atoms with E-state index >= 15 is 0 Å². The predicted octanol–water partition coefficient (Wildman–Crippen LogP) is 9.18. The van der Waals surface area contributed by atoms with Gasteiger partial charge >= 0.3 is 15.6 Å². The molecule has 2 N–H and O–H groups in total. The van der Waals surface area contributed by atoms with Crippen molar-refractivity contribution in [3.05, 3.63) is 155 Å². The van der Waals surface area contributed by atoms with Crippen molar-refractivity contribution in [2.75, 3.05) is 18.9 Å². The van der Waals surface area contributed by atoms with Crippen LogP contribution in [0.5, 0.6) is 0 Å². The molecule has 2 aromatic heterocycles. The van der Waals surface area contributed by atoms with Gasteiger partial charge in [-0.15, -0.1) is 0 Å². The minimum atomic E-state index is -4.17. The molecule has 0 saturated heterocycles. The third-order valence-corrected chi connectivity index (χ3v) is 11.0. The van der Waals surface area contributed by atoms with E-state index in [0.29, 0.717) is 24.1 Å². The molecule has 0 aliphatic rings. The molecule has 16 heteroatoms. The average Bonchev–Trinajstić information content (AvgIpc) is 3.62. The van der Waals surface area contributed by atoms with Gasteiger partial charge in [0.15, 0.2) is 11.5 Å². The van der Waals surface area contributed by atoms with E-state index in [0.717, 1.165) is 22.3 Å². The summed E-state index contributed by atoms with van der Waals surface area (Å²) in [5, 5.41) is -0.0240. The first-order valence-electron chi connectivity index (χ1n) is 17.1. The van der Waals surface area contributed by atoms with Crippen LogP contribution < -0.4 is 5.73 Å². The number of aryl methyl sites for hydroxylation is 1. The number of hydrogen-bond acceptors (Lipinski definition) is 12. The quantitative estimate of drug-likeness (QED) is 0.0545. The fraction of sp³-hybridized carbons (Fsp3) is 0.237. The number of aromatic nitrogens is 4. The van der Waals surface area contributed by atoms with Crippen molar-refractivity contribution in [2.45, 2.75) is 39.4 Å². The molecule has 13 nitrogen and oxygen atoms in total. The summed E-state index contributed by atoms with van der Waals surface area (Å²) in [6.07, 6.45) is 1.90. The van der Waals surface area contributed by atoms with E-state index < -0.39 is 21.6 Å². The van der Waals surface area contributed by atoms with E-state index in [4.69, 9.17) is 44.5 Å². The van der Waals surface area contributed by atoms with E-state index in [1.165, 1.54) is 0 Å². The van der Waals surface area contributed by atoms with Crippen molar-refractivity contribution >= 4 is 44.2 Å². The van der Waals surface area contributed by atoms with Gasteiger partial charge < -0.3 is 10.3 Å². The minimum Gasteiger partial charge on any atom is -0.382 e. The lowest BCUT2D eigenvalue weighted by molar-refractivity contribution is 0.0591. The molecule has 0 radical (unpaired) electrons. The second-order valence-electron chi connectivity index (χ2n) is 12.2. The third-order valence-electron chi connectivity index (χ3n) is 8.11. The van der Waals surface area contributed by atoms with E-state index in [2.05, 4.69) is 15.0 Å². The number of rotatable bonds is 21. The highest BCUT2D eigenvalue weighted by Crippen LogP contribution is 2.53. The fourth-order valence-electron chi connectivity index (χ4n) is 5.17. The Morgan fingerprint density at radius 3 is 1.37 bits per heavy atom. The van der Waals surface area contributed by atoms with Crippen LogP contribution in [-0.2, 0) is 69.2 Å². The second-order valence-corrected chi connectivity index (χ2v) is 15.8. The lowest BCUT2D eigenvalue weighted by atomic mass is 10.1. The van der Waals surface area contributed by atoms with Gasteiger partial charge in [-0.25, -0.2) is 14.1 Å². The highest BCUT2D eigenvalue weighted by molar-refractivity contribution is 7.48. The lowest BCUT2D eigenvalue weighted by Gasteiger charge is -2.24. The molecule has 0 bridgehead atoms. The van der Waals surface area contributed by atoms with Crippen LogP contribution in [0.4, 0.5) is 5.82 Å². The zero-order chi connectivity index (χ0) is 37.6. The van der Waals surface area contributed by atoms with Crippen LogP contribution >= 0.6 is 27.2 Å². The molecule has 0 amide bonds. The van der Waals surface area contributed by atoms with Crippen molar-refractivity contribution in [1.82, 2.24) is 19.5 Å². The fourth-order valence-corrected chi connectivity index (χ4v) is 7.80. The SMILES string of the molecule is Nc1nc(Cl)nc2c1ncn2CCC(COP(=O)(OCc1ccccc1)OCc1ccccc1)COP(=O)(OCc1ccccc1)OCc1ccccc1. The molecule has 6 aromatic rings. The van der Waals surface area contributed by atoms with Gasteiger partial charge in [0.1, 0.15) is 5.52 Å².